The van der Waals surface area contributed by atoms with E-state index in [1.54, 1.807) is 0 Å². The Morgan fingerprint density at radius 1 is 0.956 bits per heavy atom. The summed E-state index contributed by atoms with van der Waals surface area (Å²) in [6.07, 6.45) is -8.76. The second-order valence-electron chi connectivity index (χ2n) is 11.1. The monoisotopic (exact) mass is 630 g/mol. The molecule has 1 aliphatic heterocycles. The van der Waals surface area contributed by atoms with E-state index in [-0.39, 0.29) is 45.7 Å². The number of carbonyl (C=O) groups is 1. The van der Waals surface area contributed by atoms with Crippen LogP contribution in [0.25, 0.3) is 16.8 Å². The van der Waals surface area contributed by atoms with Crippen LogP contribution in [0.15, 0.2) is 41.2 Å². The third-order valence-electron chi connectivity index (χ3n) is 7.96. The number of carboxylic acids is 1. The first-order chi connectivity index (χ1) is 21.1. The van der Waals surface area contributed by atoms with Gasteiger partial charge in [-0.15, -0.1) is 0 Å². The summed E-state index contributed by atoms with van der Waals surface area (Å²) in [4.78, 5) is 24.4. The Bertz CT molecular complexity index is 1750. The van der Waals surface area contributed by atoms with Crippen molar-refractivity contribution in [3.05, 3.63) is 63.3 Å². The molecule has 0 saturated heterocycles. The summed E-state index contributed by atoms with van der Waals surface area (Å²) in [6, 6.07) is 5.47. The van der Waals surface area contributed by atoms with Gasteiger partial charge in [-0.05, 0) is 40.8 Å². The fraction of sp³-hybridized carbons (Fsp3) is 0.333. The zero-order chi connectivity index (χ0) is 33.0. The molecule has 3 aromatic carbocycles. The number of aliphatic hydroxyl groups excluding tert-OH is 4. The molecule has 1 heterocycles. The Morgan fingerprint density at radius 3 is 2.36 bits per heavy atom. The van der Waals surface area contributed by atoms with Crippen LogP contribution in [0.3, 0.4) is 0 Å². The summed E-state index contributed by atoms with van der Waals surface area (Å²) in [6.45, 7) is 0. The van der Waals surface area contributed by atoms with E-state index in [1.807, 2.05) is 0 Å². The third-order valence-corrected chi connectivity index (χ3v) is 7.96. The Morgan fingerprint density at radius 2 is 1.67 bits per heavy atom. The molecule has 1 saturated carbocycles. The first kappa shape index (κ1) is 31.8. The predicted molar refractivity (Wildman–Crippen MR) is 152 cm³/mol. The van der Waals surface area contributed by atoms with Crippen LogP contribution in [0.2, 0.25) is 0 Å². The maximum Gasteiger partial charge on any atom is 0.335 e. The number of aromatic hydroxyl groups is 5. The van der Waals surface area contributed by atoms with E-state index < -0.39 is 89.3 Å². The highest BCUT2D eigenvalue weighted by Crippen LogP contribution is 2.44. The van der Waals surface area contributed by atoms with Gasteiger partial charge in [-0.2, -0.15) is 0 Å². The van der Waals surface area contributed by atoms with Crippen molar-refractivity contribution < 1.29 is 70.4 Å². The molecule has 7 atom stereocenters. The lowest BCUT2D eigenvalue weighted by Crippen LogP contribution is -2.57. The second kappa shape index (κ2) is 11.7. The molecule has 15 nitrogen and oxygen atoms in total. The molecule has 11 N–H and O–H groups in total. The number of hydrogen-bond donors (Lipinski definition) is 11. The molecule has 2 aliphatic rings. The molecular formula is C30H30O15. The Balaban J connectivity index is 1.54. The highest BCUT2D eigenvalue weighted by molar-refractivity contribution is 6.00. The van der Waals surface area contributed by atoms with Gasteiger partial charge in [-0.1, -0.05) is 6.08 Å². The van der Waals surface area contributed by atoms with Gasteiger partial charge in [0.2, 0.25) is 5.43 Å². The molecule has 0 bridgehead atoms. The molecular weight excluding hydrogens is 600 g/mol. The molecule has 15 heteroatoms. The quantitative estimate of drug-likeness (QED) is 0.124. The maximum atomic E-state index is 12.9. The summed E-state index contributed by atoms with van der Waals surface area (Å²) in [7, 11) is 0. The van der Waals surface area contributed by atoms with Gasteiger partial charge in [0.15, 0.2) is 29.1 Å². The minimum atomic E-state index is -2.44. The van der Waals surface area contributed by atoms with Gasteiger partial charge in [-0.3, -0.25) is 4.79 Å². The molecule has 0 aromatic heterocycles. The average Bonchev–Trinajstić information content (AvgIpc) is 3.08. The minimum Gasteiger partial charge on any atom is -0.508 e. The van der Waals surface area contributed by atoms with E-state index in [9.17, 15) is 65.8 Å². The van der Waals surface area contributed by atoms with E-state index in [4.69, 9.17) is 9.47 Å². The van der Waals surface area contributed by atoms with Gasteiger partial charge in [-0.25, -0.2) is 4.79 Å². The summed E-state index contributed by atoms with van der Waals surface area (Å²) in [5.41, 5.74) is -3.31. The van der Waals surface area contributed by atoms with E-state index in [2.05, 4.69) is 0 Å². The smallest absolute Gasteiger partial charge is 0.335 e. The molecule has 0 amide bonds. The molecule has 5 rings (SSSR count). The highest BCUT2D eigenvalue weighted by atomic mass is 16.6. The lowest BCUT2D eigenvalue weighted by molar-refractivity contribution is -0.216. The van der Waals surface area contributed by atoms with E-state index >= 15 is 0 Å². The van der Waals surface area contributed by atoms with Gasteiger partial charge in [0.25, 0.3) is 0 Å². The summed E-state index contributed by atoms with van der Waals surface area (Å²) in [5.74, 6) is -4.93. The Labute approximate surface area is 253 Å². The number of carboxylic acid groups (broad SMARTS) is 1. The molecule has 1 aliphatic carbocycles. The van der Waals surface area contributed by atoms with Crippen LogP contribution < -0.4 is 10.2 Å². The lowest BCUT2D eigenvalue weighted by Gasteiger charge is -2.40. The average molecular weight is 631 g/mol. The molecule has 45 heavy (non-hydrogen) atoms. The normalized spacial score (nSPS) is 27.2. The second-order valence-corrected chi connectivity index (χ2v) is 11.1. The maximum absolute atomic E-state index is 12.9. The van der Waals surface area contributed by atoms with Crippen molar-refractivity contribution >= 4 is 22.8 Å². The van der Waals surface area contributed by atoms with Crippen molar-refractivity contribution in [2.45, 2.75) is 61.7 Å². The topological polar surface area (TPSA) is 275 Å². The SMILES string of the molecule is O=C(O)C1(O)CC(O)C(O)C(OC(O)/C=C/c2cc(O)c(O)c3c(O)c(=O)cc([C@H]4Oc5cc(O)cc(O)c5C[C@H]4O)cc23)C1. The van der Waals surface area contributed by atoms with Gasteiger partial charge in [0, 0.05) is 37.0 Å². The molecule has 0 radical (unpaired) electrons. The molecule has 1 fully saturated rings. The first-order valence-corrected chi connectivity index (χ1v) is 13.6. The number of aliphatic hydroxyl groups is 5. The first-order valence-electron chi connectivity index (χ1n) is 13.6. The van der Waals surface area contributed by atoms with Gasteiger partial charge in [0.05, 0.1) is 23.7 Å². The van der Waals surface area contributed by atoms with Crippen LogP contribution in [0.5, 0.6) is 34.5 Å². The number of aliphatic carboxylic acids is 1. The standard InChI is InChI=1S/C30H30O15/c31-13-6-16(32)15-8-19(35)28(45-21(15)7-13)12-3-14-11(4-17(33)26(39)24(14)27(40)18(34)5-12)1-2-23(37)44-22-10-30(43,29(41)42)9-20(36)25(22)38/h1-7,19-20,22-23,25,28,31-33,35-39,43H,8-10H2,(H,34,40)(H,41,42)/b2-1+/t19-,20?,22?,23?,25?,28-,30?/m1/s1. The van der Waals surface area contributed by atoms with Crippen LogP contribution in [0.4, 0.5) is 0 Å². The summed E-state index contributed by atoms with van der Waals surface area (Å²) < 4.78 is 11.1. The number of phenols is 4. The molecule has 0 spiro atoms. The fourth-order valence-corrected chi connectivity index (χ4v) is 5.66. The number of hydrogen-bond acceptors (Lipinski definition) is 14. The summed E-state index contributed by atoms with van der Waals surface area (Å²) >= 11 is 0. The lowest BCUT2D eigenvalue weighted by atomic mass is 9.79. The molecule has 5 unspecified atom stereocenters. The van der Waals surface area contributed by atoms with Crippen LogP contribution in [0, 0.1) is 0 Å². The number of fused-ring (bicyclic) bond motifs is 2. The number of rotatable bonds is 6. The van der Waals surface area contributed by atoms with E-state index in [0.29, 0.717) is 0 Å². The van der Waals surface area contributed by atoms with Crippen molar-refractivity contribution in [3.63, 3.8) is 0 Å². The van der Waals surface area contributed by atoms with Crippen LogP contribution in [-0.4, -0.2) is 98.4 Å². The van der Waals surface area contributed by atoms with E-state index in [1.165, 1.54) is 12.1 Å². The largest absolute Gasteiger partial charge is 0.508 e. The minimum absolute atomic E-state index is 0.0148. The van der Waals surface area contributed by atoms with Crippen molar-refractivity contribution in [2.75, 3.05) is 0 Å². The Kier molecular flexibility index (Phi) is 8.26. The predicted octanol–water partition coefficient (Wildman–Crippen LogP) is -0.187. The van der Waals surface area contributed by atoms with Crippen LogP contribution in [-0.2, 0) is 16.0 Å². The number of phenolic OH excluding ortho intramolecular Hbond substituents is 4. The van der Waals surface area contributed by atoms with Crippen molar-refractivity contribution in [2.24, 2.45) is 0 Å². The zero-order valence-corrected chi connectivity index (χ0v) is 23.2. The fourth-order valence-electron chi connectivity index (χ4n) is 5.66. The van der Waals surface area contributed by atoms with Crippen molar-refractivity contribution in [1.29, 1.82) is 0 Å². The molecule has 3 aromatic rings. The van der Waals surface area contributed by atoms with Gasteiger partial charge >= 0.3 is 5.97 Å². The van der Waals surface area contributed by atoms with Gasteiger partial charge < -0.3 is 65.6 Å². The van der Waals surface area contributed by atoms with Crippen molar-refractivity contribution in [3.8, 4) is 34.5 Å². The zero-order valence-electron chi connectivity index (χ0n) is 23.2. The van der Waals surface area contributed by atoms with Crippen LogP contribution in [0.1, 0.15) is 35.6 Å². The number of ether oxygens (including phenoxy) is 2. The highest BCUT2D eigenvalue weighted by Gasteiger charge is 2.50. The number of benzene rings is 2. The summed E-state index contributed by atoms with van der Waals surface area (Å²) in [5, 5.41) is 112. The van der Waals surface area contributed by atoms with Crippen LogP contribution >= 0.6 is 0 Å². The van der Waals surface area contributed by atoms with Crippen molar-refractivity contribution in [1.82, 2.24) is 0 Å². The molecule has 240 valence electrons. The third kappa shape index (κ3) is 5.92. The van der Waals surface area contributed by atoms with E-state index in [0.717, 1.165) is 30.4 Å². The van der Waals surface area contributed by atoms with Gasteiger partial charge in [0.1, 0.15) is 29.5 Å². The Hall–Kier alpha value is -4.64.